The standard InChI is InChI=1S/C13H12O3/c1-9-8-11(4-3-5-13(15)16)6-7-12(9)10(2)14/h6-8H,5H2,1-2H3,(H,15,16). The molecule has 0 spiro atoms. The van der Waals surface area contributed by atoms with E-state index in [1.54, 1.807) is 18.2 Å². The summed E-state index contributed by atoms with van der Waals surface area (Å²) in [5.41, 5.74) is 2.25. The largest absolute Gasteiger partial charge is 0.481 e. The highest BCUT2D eigenvalue weighted by atomic mass is 16.4. The van der Waals surface area contributed by atoms with Crippen molar-refractivity contribution in [2.45, 2.75) is 20.3 Å². The van der Waals surface area contributed by atoms with Crippen molar-refractivity contribution >= 4 is 11.8 Å². The van der Waals surface area contributed by atoms with Crippen LogP contribution in [0.4, 0.5) is 0 Å². The zero-order chi connectivity index (χ0) is 12.1. The molecule has 1 aromatic carbocycles. The summed E-state index contributed by atoms with van der Waals surface area (Å²) < 4.78 is 0. The fourth-order valence-corrected chi connectivity index (χ4v) is 1.36. The molecule has 0 unspecified atom stereocenters. The molecule has 0 aliphatic heterocycles. The normalized spacial score (nSPS) is 9.12. The highest BCUT2D eigenvalue weighted by Gasteiger charge is 2.03. The Labute approximate surface area is 94.1 Å². The van der Waals surface area contributed by atoms with Crippen molar-refractivity contribution in [3.05, 3.63) is 34.9 Å². The SMILES string of the molecule is CC(=O)c1ccc(C#CCC(=O)O)cc1C. The molecule has 0 atom stereocenters. The van der Waals surface area contributed by atoms with Crippen molar-refractivity contribution < 1.29 is 14.7 Å². The predicted molar refractivity (Wildman–Crippen MR) is 60.3 cm³/mol. The maximum absolute atomic E-state index is 11.2. The van der Waals surface area contributed by atoms with Crippen molar-refractivity contribution in [3.63, 3.8) is 0 Å². The van der Waals surface area contributed by atoms with Gasteiger partial charge in [0.15, 0.2) is 5.78 Å². The van der Waals surface area contributed by atoms with Gasteiger partial charge in [-0.15, -0.1) is 0 Å². The Morgan fingerprint density at radius 3 is 2.56 bits per heavy atom. The molecule has 0 amide bonds. The Morgan fingerprint density at radius 1 is 1.38 bits per heavy atom. The number of carbonyl (C=O) groups excluding carboxylic acids is 1. The minimum absolute atomic E-state index is 0.0162. The second-order valence-corrected chi connectivity index (χ2v) is 3.46. The Kier molecular flexibility index (Phi) is 3.84. The summed E-state index contributed by atoms with van der Waals surface area (Å²) in [7, 11) is 0. The van der Waals surface area contributed by atoms with Crippen LogP contribution in [0.15, 0.2) is 18.2 Å². The van der Waals surface area contributed by atoms with E-state index >= 15 is 0 Å². The number of carboxylic acids is 1. The maximum atomic E-state index is 11.2. The minimum Gasteiger partial charge on any atom is -0.481 e. The fraction of sp³-hybridized carbons (Fsp3) is 0.231. The van der Waals surface area contributed by atoms with Gasteiger partial charge in [0.05, 0.1) is 0 Å². The van der Waals surface area contributed by atoms with Gasteiger partial charge in [-0.05, 0) is 37.6 Å². The number of Topliss-reactive ketones (excluding diaryl/α,β-unsaturated/α-hetero) is 1. The molecule has 16 heavy (non-hydrogen) atoms. The van der Waals surface area contributed by atoms with Crippen LogP contribution < -0.4 is 0 Å². The van der Waals surface area contributed by atoms with E-state index in [-0.39, 0.29) is 12.2 Å². The third-order valence-electron chi connectivity index (χ3n) is 2.08. The molecule has 0 aliphatic carbocycles. The van der Waals surface area contributed by atoms with Crippen molar-refractivity contribution in [1.29, 1.82) is 0 Å². The topological polar surface area (TPSA) is 54.4 Å². The Bertz CT molecular complexity index is 490. The van der Waals surface area contributed by atoms with Crippen LogP contribution in [0.2, 0.25) is 0 Å². The Hall–Kier alpha value is -2.08. The van der Waals surface area contributed by atoms with Crippen LogP contribution in [0.25, 0.3) is 0 Å². The summed E-state index contributed by atoms with van der Waals surface area (Å²) in [4.78, 5) is 21.4. The molecule has 0 bridgehead atoms. The molecule has 0 aromatic heterocycles. The number of rotatable bonds is 2. The van der Waals surface area contributed by atoms with E-state index in [0.29, 0.717) is 5.56 Å². The summed E-state index contributed by atoms with van der Waals surface area (Å²) >= 11 is 0. The molecule has 1 aromatic rings. The van der Waals surface area contributed by atoms with Crippen LogP contribution in [-0.4, -0.2) is 16.9 Å². The first-order valence-corrected chi connectivity index (χ1v) is 4.83. The monoisotopic (exact) mass is 216 g/mol. The second kappa shape index (κ2) is 5.13. The van der Waals surface area contributed by atoms with Crippen LogP contribution in [-0.2, 0) is 4.79 Å². The molecule has 1 rings (SSSR count). The molecule has 0 fully saturated rings. The minimum atomic E-state index is -0.940. The number of benzene rings is 1. The lowest BCUT2D eigenvalue weighted by molar-refractivity contribution is -0.135. The Balaban J connectivity index is 2.92. The van der Waals surface area contributed by atoms with Gasteiger partial charge in [0.2, 0.25) is 0 Å². The lowest BCUT2D eigenvalue weighted by atomic mass is 10.0. The van der Waals surface area contributed by atoms with E-state index in [1.165, 1.54) is 6.92 Å². The summed E-state index contributed by atoms with van der Waals surface area (Å²) in [5, 5.41) is 8.42. The van der Waals surface area contributed by atoms with Gasteiger partial charge in [0.25, 0.3) is 0 Å². The quantitative estimate of drug-likeness (QED) is 0.607. The van der Waals surface area contributed by atoms with Crippen LogP contribution in [0.5, 0.6) is 0 Å². The van der Waals surface area contributed by atoms with E-state index in [1.807, 2.05) is 6.92 Å². The molecule has 0 heterocycles. The summed E-state index contributed by atoms with van der Waals surface area (Å²) in [6, 6.07) is 5.21. The zero-order valence-corrected chi connectivity index (χ0v) is 9.20. The van der Waals surface area contributed by atoms with Gasteiger partial charge in [0, 0.05) is 11.1 Å². The van der Waals surface area contributed by atoms with Crippen LogP contribution in [0.1, 0.15) is 34.8 Å². The zero-order valence-electron chi connectivity index (χ0n) is 9.20. The average molecular weight is 216 g/mol. The van der Waals surface area contributed by atoms with Gasteiger partial charge in [-0.25, -0.2) is 0 Å². The van der Waals surface area contributed by atoms with E-state index in [2.05, 4.69) is 11.8 Å². The number of aliphatic carboxylic acids is 1. The van der Waals surface area contributed by atoms with Gasteiger partial charge in [0.1, 0.15) is 6.42 Å². The molecule has 0 saturated carbocycles. The van der Waals surface area contributed by atoms with Crippen molar-refractivity contribution in [1.82, 2.24) is 0 Å². The second-order valence-electron chi connectivity index (χ2n) is 3.46. The molecule has 3 heteroatoms. The molecule has 1 N–H and O–H groups in total. The lowest BCUT2D eigenvalue weighted by Crippen LogP contribution is -1.96. The van der Waals surface area contributed by atoms with E-state index in [4.69, 9.17) is 5.11 Å². The van der Waals surface area contributed by atoms with Crippen LogP contribution in [0.3, 0.4) is 0 Å². The third kappa shape index (κ3) is 3.25. The van der Waals surface area contributed by atoms with Crippen molar-refractivity contribution in [2.75, 3.05) is 0 Å². The molecule has 82 valence electrons. The van der Waals surface area contributed by atoms with Crippen molar-refractivity contribution in [3.8, 4) is 11.8 Å². The number of hydrogen-bond acceptors (Lipinski definition) is 2. The number of hydrogen-bond donors (Lipinski definition) is 1. The number of aryl methyl sites for hydroxylation is 1. The summed E-state index contributed by atoms with van der Waals surface area (Å²) in [6.07, 6.45) is -0.173. The number of carboxylic acid groups (broad SMARTS) is 1. The first-order valence-electron chi connectivity index (χ1n) is 4.83. The van der Waals surface area contributed by atoms with Crippen LogP contribution >= 0.6 is 0 Å². The van der Waals surface area contributed by atoms with Gasteiger partial charge in [-0.3, -0.25) is 9.59 Å². The van der Waals surface area contributed by atoms with E-state index < -0.39 is 5.97 Å². The highest BCUT2D eigenvalue weighted by Crippen LogP contribution is 2.10. The number of ketones is 1. The van der Waals surface area contributed by atoms with Gasteiger partial charge in [-0.2, -0.15) is 0 Å². The first kappa shape index (κ1) is 12.0. The highest BCUT2D eigenvalue weighted by molar-refractivity contribution is 5.95. The summed E-state index contributed by atoms with van der Waals surface area (Å²) in [5.74, 6) is 4.36. The Morgan fingerprint density at radius 2 is 2.06 bits per heavy atom. The fourth-order valence-electron chi connectivity index (χ4n) is 1.36. The maximum Gasteiger partial charge on any atom is 0.315 e. The molecular formula is C13H12O3. The van der Waals surface area contributed by atoms with E-state index in [9.17, 15) is 9.59 Å². The smallest absolute Gasteiger partial charge is 0.315 e. The van der Waals surface area contributed by atoms with Crippen molar-refractivity contribution in [2.24, 2.45) is 0 Å². The first-order chi connectivity index (χ1) is 7.50. The van der Waals surface area contributed by atoms with E-state index in [0.717, 1.165) is 11.1 Å². The molecular weight excluding hydrogens is 204 g/mol. The molecule has 0 saturated heterocycles. The predicted octanol–water partition coefficient (Wildman–Crippen LogP) is 2.02. The summed E-state index contributed by atoms with van der Waals surface area (Å²) in [6.45, 7) is 3.34. The number of carbonyl (C=O) groups is 2. The van der Waals surface area contributed by atoms with Crippen LogP contribution in [0, 0.1) is 18.8 Å². The molecule has 3 nitrogen and oxygen atoms in total. The van der Waals surface area contributed by atoms with Gasteiger partial charge < -0.3 is 5.11 Å². The van der Waals surface area contributed by atoms with Gasteiger partial charge in [-0.1, -0.05) is 11.8 Å². The third-order valence-corrected chi connectivity index (χ3v) is 2.08. The van der Waals surface area contributed by atoms with Gasteiger partial charge >= 0.3 is 5.97 Å². The lowest BCUT2D eigenvalue weighted by Gasteiger charge is -2.01. The average Bonchev–Trinajstić information content (AvgIpc) is 2.16. The molecule has 0 radical (unpaired) electrons. The molecule has 0 aliphatic rings.